The molecule has 0 atom stereocenters. The van der Waals surface area contributed by atoms with Gasteiger partial charge in [0.2, 0.25) is 6.41 Å². The Morgan fingerprint density at radius 2 is 1.95 bits per heavy atom. The minimum Gasteiger partial charge on any atom is -0.356 e. The molecule has 22 heavy (non-hydrogen) atoms. The fraction of sp³-hybridized carbons (Fsp3) is 0.429. The Hall–Kier alpha value is -2.25. The zero-order chi connectivity index (χ0) is 15.9. The van der Waals surface area contributed by atoms with Gasteiger partial charge >= 0.3 is 6.18 Å². The lowest BCUT2D eigenvalue weighted by Gasteiger charge is -2.33. The number of H-pyrrole nitrogens is 1. The number of hydrogen-bond acceptors (Lipinski definition) is 3. The van der Waals surface area contributed by atoms with Crippen molar-refractivity contribution in [3.63, 3.8) is 0 Å². The average Bonchev–Trinajstić information content (AvgIpc) is 2.86. The molecule has 1 saturated heterocycles. The van der Waals surface area contributed by atoms with Gasteiger partial charge in [0, 0.05) is 43.5 Å². The largest absolute Gasteiger partial charge is 0.418 e. The van der Waals surface area contributed by atoms with Crippen molar-refractivity contribution in [3.05, 3.63) is 23.5 Å². The Kier molecular flexibility index (Phi) is 3.46. The van der Waals surface area contributed by atoms with Crippen molar-refractivity contribution in [2.24, 2.45) is 0 Å². The molecule has 2 aromatic rings. The molecule has 1 aliphatic heterocycles. The molecule has 0 unspecified atom stereocenters. The number of anilines is 1. The number of carbonyl (C=O) groups excluding carboxylic acids is 1. The van der Waals surface area contributed by atoms with Crippen LogP contribution in [0.25, 0.3) is 10.9 Å². The van der Waals surface area contributed by atoms with Gasteiger partial charge in [0.15, 0.2) is 5.82 Å². The maximum absolute atomic E-state index is 13.1. The van der Waals surface area contributed by atoms with E-state index < -0.39 is 11.7 Å². The molecule has 1 fully saturated rings. The summed E-state index contributed by atoms with van der Waals surface area (Å²) < 4.78 is 39.3. The number of nitrogens with one attached hydrogen (secondary N) is 1. The summed E-state index contributed by atoms with van der Waals surface area (Å²) in [5.74, 6) is 0.502. The number of aromatic amines is 1. The Labute approximate surface area is 124 Å². The summed E-state index contributed by atoms with van der Waals surface area (Å²) >= 11 is 0. The van der Waals surface area contributed by atoms with Crippen LogP contribution in [0.15, 0.2) is 12.3 Å². The molecule has 2 aromatic heterocycles. The minimum atomic E-state index is -4.44. The zero-order valence-electron chi connectivity index (χ0n) is 11.9. The number of fused-ring (bicyclic) bond motifs is 1. The second kappa shape index (κ2) is 5.19. The minimum absolute atomic E-state index is 0.132. The number of pyridine rings is 1. The van der Waals surface area contributed by atoms with Crippen molar-refractivity contribution in [2.45, 2.75) is 13.1 Å². The molecule has 8 heteroatoms. The van der Waals surface area contributed by atoms with Crippen LogP contribution in [0.1, 0.15) is 11.3 Å². The molecule has 1 amide bonds. The van der Waals surface area contributed by atoms with Gasteiger partial charge in [-0.05, 0) is 13.0 Å². The van der Waals surface area contributed by atoms with E-state index in [0.29, 0.717) is 43.2 Å². The van der Waals surface area contributed by atoms with E-state index in [-0.39, 0.29) is 5.39 Å². The maximum atomic E-state index is 13.1. The molecule has 3 heterocycles. The molecule has 0 bridgehead atoms. The first-order valence-electron chi connectivity index (χ1n) is 6.90. The molecule has 1 N–H and O–H groups in total. The van der Waals surface area contributed by atoms with E-state index in [1.54, 1.807) is 11.8 Å². The van der Waals surface area contributed by atoms with Gasteiger partial charge in [-0.15, -0.1) is 0 Å². The molecule has 1 aliphatic rings. The van der Waals surface area contributed by atoms with Crippen molar-refractivity contribution in [2.75, 3.05) is 31.1 Å². The standard InChI is InChI=1S/C14H15F3N4O/c1-9-6-10-11(14(15,16)17)7-18-13(12(10)19-9)21-4-2-20(8-22)3-5-21/h6-8,19H,2-5H2,1H3. The molecular weight excluding hydrogens is 297 g/mol. The van der Waals surface area contributed by atoms with E-state index in [1.165, 1.54) is 6.07 Å². The molecule has 0 spiro atoms. The van der Waals surface area contributed by atoms with Crippen LogP contribution in [-0.2, 0) is 11.0 Å². The van der Waals surface area contributed by atoms with Crippen LogP contribution in [0.4, 0.5) is 19.0 Å². The Morgan fingerprint density at radius 3 is 2.55 bits per heavy atom. The number of aryl methyl sites for hydroxylation is 1. The van der Waals surface area contributed by atoms with Crippen molar-refractivity contribution < 1.29 is 18.0 Å². The fourth-order valence-electron chi connectivity index (χ4n) is 2.74. The number of hydrogen-bond donors (Lipinski definition) is 1. The summed E-state index contributed by atoms with van der Waals surface area (Å²) in [7, 11) is 0. The van der Waals surface area contributed by atoms with Crippen LogP contribution in [0.2, 0.25) is 0 Å². The van der Waals surface area contributed by atoms with Crippen LogP contribution in [0, 0.1) is 6.92 Å². The van der Waals surface area contributed by atoms with E-state index in [1.807, 2.05) is 4.90 Å². The van der Waals surface area contributed by atoms with Gasteiger partial charge < -0.3 is 14.8 Å². The van der Waals surface area contributed by atoms with E-state index in [9.17, 15) is 18.0 Å². The SMILES string of the molecule is Cc1cc2c(C(F)(F)F)cnc(N3CCN(C=O)CC3)c2[nH]1. The van der Waals surface area contributed by atoms with E-state index in [0.717, 1.165) is 12.6 Å². The smallest absolute Gasteiger partial charge is 0.356 e. The monoisotopic (exact) mass is 312 g/mol. The van der Waals surface area contributed by atoms with Crippen molar-refractivity contribution >= 4 is 23.1 Å². The predicted molar refractivity (Wildman–Crippen MR) is 75.7 cm³/mol. The normalized spacial score (nSPS) is 16.4. The van der Waals surface area contributed by atoms with Crippen LogP contribution in [0.3, 0.4) is 0 Å². The highest BCUT2D eigenvalue weighted by molar-refractivity contribution is 5.92. The van der Waals surface area contributed by atoms with Crippen molar-refractivity contribution in [1.29, 1.82) is 0 Å². The molecule has 5 nitrogen and oxygen atoms in total. The average molecular weight is 312 g/mol. The van der Waals surface area contributed by atoms with Crippen LogP contribution in [0.5, 0.6) is 0 Å². The molecule has 118 valence electrons. The maximum Gasteiger partial charge on any atom is 0.418 e. The van der Waals surface area contributed by atoms with Gasteiger partial charge in [0.1, 0.15) is 0 Å². The van der Waals surface area contributed by atoms with E-state index >= 15 is 0 Å². The summed E-state index contributed by atoms with van der Waals surface area (Å²) in [5.41, 5.74) is 0.315. The van der Waals surface area contributed by atoms with Gasteiger partial charge in [-0.2, -0.15) is 13.2 Å². The number of piperazine rings is 1. The molecular formula is C14H15F3N4O. The Morgan fingerprint density at radius 1 is 1.27 bits per heavy atom. The number of nitrogens with zero attached hydrogens (tertiary/aromatic N) is 3. The van der Waals surface area contributed by atoms with Crippen molar-refractivity contribution in [1.82, 2.24) is 14.9 Å². The number of halogens is 3. The van der Waals surface area contributed by atoms with Crippen molar-refractivity contribution in [3.8, 4) is 0 Å². The highest BCUT2D eigenvalue weighted by Crippen LogP contribution is 2.37. The second-order valence-corrected chi connectivity index (χ2v) is 5.36. The molecule has 0 aliphatic carbocycles. The topological polar surface area (TPSA) is 52.2 Å². The van der Waals surface area contributed by atoms with E-state index in [4.69, 9.17) is 0 Å². The summed E-state index contributed by atoms with van der Waals surface area (Å²) in [4.78, 5) is 21.3. The lowest BCUT2D eigenvalue weighted by molar-refractivity contribution is -0.136. The third kappa shape index (κ3) is 2.49. The highest BCUT2D eigenvalue weighted by Gasteiger charge is 2.34. The molecule has 0 aromatic carbocycles. The van der Waals surface area contributed by atoms with E-state index in [2.05, 4.69) is 9.97 Å². The summed E-state index contributed by atoms with van der Waals surface area (Å²) in [5, 5.41) is 0.132. The molecule has 0 radical (unpaired) electrons. The number of aromatic nitrogens is 2. The van der Waals surface area contributed by atoms with Gasteiger partial charge in [0.05, 0.1) is 11.1 Å². The lowest BCUT2D eigenvalue weighted by Crippen LogP contribution is -2.46. The van der Waals surface area contributed by atoms with Gasteiger partial charge in [-0.1, -0.05) is 0 Å². The third-order valence-corrected chi connectivity index (χ3v) is 3.85. The Balaban J connectivity index is 2.03. The first-order valence-corrected chi connectivity index (χ1v) is 6.90. The summed E-state index contributed by atoms with van der Waals surface area (Å²) in [6.07, 6.45) is -2.77. The van der Waals surface area contributed by atoms with Gasteiger partial charge in [-0.3, -0.25) is 4.79 Å². The van der Waals surface area contributed by atoms with Crippen LogP contribution in [-0.4, -0.2) is 47.5 Å². The predicted octanol–water partition coefficient (Wildman–Crippen LogP) is 2.17. The first-order chi connectivity index (χ1) is 10.4. The lowest BCUT2D eigenvalue weighted by atomic mass is 10.1. The van der Waals surface area contributed by atoms with Gasteiger partial charge in [-0.25, -0.2) is 4.98 Å². The number of carbonyl (C=O) groups is 1. The second-order valence-electron chi connectivity index (χ2n) is 5.36. The quantitative estimate of drug-likeness (QED) is 0.865. The third-order valence-electron chi connectivity index (χ3n) is 3.85. The molecule has 3 rings (SSSR count). The van der Waals surface area contributed by atoms with Gasteiger partial charge in [0.25, 0.3) is 0 Å². The van der Waals surface area contributed by atoms with Crippen LogP contribution < -0.4 is 4.90 Å². The first kappa shape index (κ1) is 14.7. The summed E-state index contributed by atoms with van der Waals surface area (Å²) in [6.45, 7) is 3.88. The fourth-order valence-corrected chi connectivity index (χ4v) is 2.74. The number of alkyl halides is 3. The summed E-state index contributed by atoms with van der Waals surface area (Å²) in [6, 6.07) is 1.49. The highest BCUT2D eigenvalue weighted by atomic mass is 19.4. The number of rotatable bonds is 2. The van der Waals surface area contributed by atoms with Crippen LogP contribution >= 0.6 is 0 Å². The number of amides is 1. The Bertz CT molecular complexity index is 702. The zero-order valence-corrected chi connectivity index (χ0v) is 11.9. The molecule has 0 saturated carbocycles.